The maximum absolute atomic E-state index is 6.32. The minimum Gasteiger partial charge on any atom is -0.325 e. The van der Waals surface area contributed by atoms with Crippen LogP contribution in [0.2, 0.25) is 5.02 Å². The van der Waals surface area contributed by atoms with E-state index in [1.165, 1.54) is 0 Å². The van der Waals surface area contributed by atoms with E-state index in [1.54, 1.807) is 6.20 Å². The van der Waals surface area contributed by atoms with Gasteiger partial charge in [0.15, 0.2) is 0 Å². The first-order valence-corrected chi connectivity index (χ1v) is 6.88. The van der Waals surface area contributed by atoms with Crippen LogP contribution in [0.15, 0.2) is 53.8 Å². The van der Waals surface area contributed by atoms with Gasteiger partial charge in [0.2, 0.25) is 0 Å². The Morgan fingerprint density at radius 1 is 1.20 bits per heavy atom. The van der Waals surface area contributed by atoms with Crippen LogP contribution in [-0.2, 0) is 0 Å². The van der Waals surface area contributed by atoms with Gasteiger partial charge in [0, 0.05) is 24.2 Å². The van der Waals surface area contributed by atoms with Crippen molar-refractivity contribution in [2.75, 3.05) is 11.6 Å². The van der Waals surface area contributed by atoms with Gasteiger partial charge in [-0.3, -0.25) is 0 Å². The number of rotatable bonds is 3. The molecular formula is C15H15ClN4. The van der Waals surface area contributed by atoms with Crippen molar-refractivity contribution in [1.29, 1.82) is 0 Å². The third-order valence-corrected chi connectivity index (χ3v) is 3.70. The summed E-state index contributed by atoms with van der Waals surface area (Å²) in [6, 6.07) is 13.7. The van der Waals surface area contributed by atoms with Crippen LogP contribution < -0.4 is 10.7 Å². The molecule has 0 saturated carbocycles. The van der Waals surface area contributed by atoms with E-state index >= 15 is 0 Å². The van der Waals surface area contributed by atoms with Crippen LogP contribution in [0.25, 0.3) is 0 Å². The van der Waals surface area contributed by atoms with Gasteiger partial charge in [0.1, 0.15) is 5.82 Å². The molecule has 3 rings (SSSR count). The van der Waals surface area contributed by atoms with Crippen LogP contribution in [0.4, 0.5) is 5.82 Å². The highest BCUT2D eigenvalue weighted by Gasteiger charge is 2.30. The van der Waals surface area contributed by atoms with Gasteiger partial charge >= 0.3 is 0 Å². The van der Waals surface area contributed by atoms with Crippen LogP contribution in [0, 0.1) is 0 Å². The lowest BCUT2D eigenvalue weighted by atomic mass is 10.0. The van der Waals surface area contributed by atoms with Gasteiger partial charge in [-0.25, -0.2) is 9.99 Å². The zero-order valence-corrected chi connectivity index (χ0v) is 11.7. The van der Waals surface area contributed by atoms with Gasteiger partial charge in [-0.1, -0.05) is 35.9 Å². The maximum atomic E-state index is 6.32. The number of hydrogen-bond donors (Lipinski definition) is 1. The van der Waals surface area contributed by atoms with Crippen molar-refractivity contribution >= 4 is 23.1 Å². The molecule has 0 aliphatic carbocycles. The lowest BCUT2D eigenvalue weighted by Crippen LogP contribution is -2.19. The predicted molar refractivity (Wildman–Crippen MR) is 82.0 cm³/mol. The molecule has 1 aromatic carbocycles. The Bertz CT molecular complexity index is 627. The standard InChI is InChI=1S/C15H15ClN4/c16-13-6-2-1-5-12(13)14-9-11(10-17)19-20(14)15-7-3-4-8-18-15/h1-8,14H,9-10,17H2. The smallest absolute Gasteiger partial charge is 0.149 e. The molecule has 5 heteroatoms. The molecular weight excluding hydrogens is 272 g/mol. The van der Waals surface area contributed by atoms with Gasteiger partial charge < -0.3 is 5.73 Å². The summed E-state index contributed by atoms with van der Waals surface area (Å²) in [6.45, 7) is 0.449. The van der Waals surface area contributed by atoms with Crippen molar-refractivity contribution in [1.82, 2.24) is 4.98 Å². The molecule has 0 fully saturated rings. The van der Waals surface area contributed by atoms with E-state index < -0.39 is 0 Å². The minimum atomic E-state index is 0.0529. The molecule has 4 nitrogen and oxygen atoms in total. The predicted octanol–water partition coefficient (Wildman–Crippen LogP) is 3.00. The zero-order valence-electron chi connectivity index (χ0n) is 10.9. The zero-order chi connectivity index (χ0) is 13.9. The molecule has 2 N–H and O–H groups in total. The Hall–Kier alpha value is -1.91. The lowest BCUT2D eigenvalue weighted by Gasteiger charge is -2.23. The van der Waals surface area contributed by atoms with Gasteiger partial charge in [0.05, 0.1) is 11.8 Å². The number of nitrogens with zero attached hydrogens (tertiary/aromatic N) is 3. The number of nitrogens with two attached hydrogens (primary N) is 1. The molecule has 20 heavy (non-hydrogen) atoms. The van der Waals surface area contributed by atoms with Crippen molar-refractivity contribution in [3.05, 3.63) is 59.2 Å². The van der Waals surface area contributed by atoms with Crippen LogP contribution in [0.3, 0.4) is 0 Å². The van der Waals surface area contributed by atoms with Gasteiger partial charge in [-0.2, -0.15) is 5.10 Å². The fourth-order valence-corrected chi connectivity index (χ4v) is 2.65. The Morgan fingerprint density at radius 2 is 2.00 bits per heavy atom. The van der Waals surface area contributed by atoms with E-state index in [4.69, 9.17) is 17.3 Å². The lowest BCUT2D eigenvalue weighted by molar-refractivity contribution is 0.698. The molecule has 2 aromatic rings. The number of hydrogen-bond acceptors (Lipinski definition) is 4. The highest BCUT2D eigenvalue weighted by Crippen LogP contribution is 2.36. The molecule has 0 radical (unpaired) electrons. The van der Waals surface area contributed by atoms with E-state index in [2.05, 4.69) is 10.1 Å². The Labute approximate surface area is 122 Å². The Kier molecular flexibility index (Phi) is 3.67. The molecule has 0 spiro atoms. The Morgan fingerprint density at radius 3 is 2.70 bits per heavy atom. The van der Waals surface area contributed by atoms with Crippen LogP contribution in [-0.4, -0.2) is 17.2 Å². The van der Waals surface area contributed by atoms with E-state index in [-0.39, 0.29) is 6.04 Å². The summed E-state index contributed by atoms with van der Waals surface area (Å²) in [4.78, 5) is 4.37. The molecule has 1 atom stereocenters. The number of aromatic nitrogens is 1. The van der Waals surface area contributed by atoms with Gasteiger partial charge in [0.25, 0.3) is 0 Å². The van der Waals surface area contributed by atoms with Crippen LogP contribution >= 0.6 is 11.6 Å². The summed E-state index contributed by atoms with van der Waals surface area (Å²) >= 11 is 6.32. The molecule has 2 heterocycles. The van der Waals surface area contributed by atoms with Crippen LogP contribution in [0.1, 0.15) is 18.0 Å². The molecule has 1 aliphatic heterocycles. The van der Waals surface area contributed by atoms with Crippen molar-refractivity contribution in [2.24, 2.45) is 10.8 Å². The van der Waals surface area contributed by atoms with E-state index in [9.17, 15) is 0 Å². The van der Waals surface area contributed by atoms with Crippen molar-refractivity contribution in [3.63, 3.8) is 0 Å². The fourth-order valence-electron chi connectivity index (χ4n) is 2.38. The first-order chi connectivity index (χ1) is 9.79. The highest BCUT2D eigenvalue weighted by molar-refractivity contribution is 6.31. The quantitative estimate of drug-likeness (QED) is 0.944. The normalized spacial score (nSPS) is 18.2. The number of halogens is 1. The molecule has 0 amide bonds. The fraction of sp³-hybridized carbons (Fsp3) is 0.200. The second kappa shape index (κ2) is 5.61. The van der Waals surface area contributed by atoms with Gasteiger partial charge in [-0.05, 0) is 23.8 Å². The topological polar surface area (TPSA) is 54.5 Å². The van der Waals surface area contributed by atoms with E-state index in [0.717, 1.165) is 28.5 Å². The third kappa shape index (κ3) is 2.40. The van der Waals surface area contributed by atoms with E-state index in [0.29, 0.717) is 6.54 Å². The second-order valence-corrected chi connectivity index (χ2v) is 5.05. The average molecular weight is 287 g/mol. The van der Waals surface area contributed by atoms with Crippen molar-refractivity contribution in [2.45, 2.75) is 12.5 Å². The number of benzene rings is 1. The largest absolute Gasteiger partial charge is 0.325 e. The summed E-state index contributed by atoms with van der Waals surface area (Å²) in [5, 5.41) is 7.23. The summed E-state index contributed by atoms with van der Waals surface area (Å²) in [7, 11) is 0. The number of pyridine rings is 1. The average Bonchev–Trinajstić information content (AvgIpc) is 2.93. The molecule has 102 valence electrons. The summed E-state index contributed by atoms with van der Waals surface area (Å²) < 4.78 is 0. The molecule has 1 aliphatic rings. The second-order valence-electron chi connectivity index (χ2n) is 4.64. The molecule has 1 unspecified atom stereocenters. The number of anilines is 1. The minimum absolute atomic E-state index is 0.0529. The first-order valence-electron chi connectivity index (χ1n) is 6.50. The summed E-state index contributed by atoms with van der Waals surface area (Å²) in [5.74, 6) is 0.806. The summed E-state index contributed by atoms with van der Waals surface area (Å²) in [6.07, 6.45) is 2.53. The Balaban J connectivity index is 2.01. The first kappa shape index (κ1) is 13.1. The maximum Gasteiger partial charge on any atom is 0.149 e. The SMILES string of the molecule is NCC1=NN(c2ccccn2)C(c2ccccc2Cl)C1. The molecule has 0 bridgehead atoms. The van der Waals surface area contributed by atoms with Crippen LogP contribution in [0.5, 0.6) is 0 Å². The number of hydrazone groups is 1. The van der Waals surface area contributed by atoms with E-state index in [1.807, 2.05) is 47.5 Å². The monoisotopic (exact) mass is 286 g/mol. The van der Waals surface area contributed by atoms with Crippen molar-refractivity contribution < 1.29 is 0 Å². The highest BCUT2D eigenvalue weighted by atomic mass is 35.5. The van der Waals surface area contributed by atoms with Crippen molar-refractivity contribution in [3.8, 4) is 0 Å². The third-order valence-electron chi connectivity index (χ3n) is 3.36. The molecule has 1 aromatic heterocycles. The molecule has 0 saturated heterocycles. The van der Waals surface area contributed by atoms with Gasteiger partial charge in [-0.15, -0.1) is 0 Å². The summed E-state index contributed by atoms with van der Waals surface area (Å²) in [5.41, 5.74) is 7.75.